The lowest BCUT2D eigenvalue weighted by atomic mass is 10.1. The van der Waals surface area contributed by atoms with Crippen molar-refractivity contribution in [2.75, 3.05) is 37.6 Å². The molecule has 2 saturated heterocycles. The summed E-state index contributed by atoms with van der Waals surface area (Å²) in [5.41, 5.74) is 0. The quantitative estimate of drug-likeness (QED) is 0.611. The van der Waals surface area contributed by atoms with Crippen LogP contribution in [0.25, 0.3) is 10.8 Å². The van der Waals surface area contributed by atoms with Crippen molar-refractivity contribution in [3.63, 3.8) is 0 Å². The van der Waals surface area contributed by atoms with Gasteiger partial charge in [-0.05, 0) is 47.9 Å². The first-order valence-electron chi connectivity index (χ1n) is 11.0. The van der Waals surface area contributed by atoms with Crippen molar-refractivity contribution in [1.29, 1.82) is 0 Å². The molecule has 0 saturated carbocycles. The van der Waals surface area contributed by atoms with Gasteiger partial charge in [0.1, 0.15) is 11.9 Å². The number of benzene rings is 2. The molecule has 2 aliphatic heterocycles. The molecule has 0 radical (unpaired) electrons. The van der Waals surface area contributed by atoms with Crippen LogP contribution in [0, 0.1) is 0 Å². The molecule has 5 rings (SSSR count). The Morgan fingerprint density at radius 1 is 0.875 bits per heavy atom. The summed E-state index contributed by atoms with van der Waals surface area (Å²) in [5, 5.41) is 1.87. The summed E-state index contributed by atoms with van der Waals surface area (Å²) < 4.78 is 28.3. The Bertz CT molecular complexity index is 1220. The molecule has 0 N–H and O–H groups in total. The fourth-order valence-electron chi connectivity index (χ4n) is 4.65. The first kappa shape index (κ1) is 20.9. The van der Waals surface area contributed by atoms with Gasteiger partial charge in [0.2, 0.25) is 15.9 Å². The molecule has 1 atom stereocenters. The van der Waals surface area contributed by atoms with Crippen LogP contribution in [0.5, 0.6) is 0 Å². The monoisotopic (exact) mass is 450 g/mol. The molecular formula is C24H26N4O3S. The van der Waals surface area contributed by atoms with Gasteiger partial charge in [-0.15, -0.1) is 0 Å². The number of amides is 1. The Kier molecular flexibility index (Phi) is 5.57. The minimum Gasteiger partial charge on any atom is -0.353 e. The van der Waals surface area contributed by atoms with E-state index >= 15 is 0 Å². The molecule has 0 bridgehead atoms. The lowest BCUT2D eigenvalue weighted by Crippen LogP contribution is -2.54. The van der Waals surface area contributed by atoms with Gasteiger partial charge in [0.05, 0.1) is 4.90 Å². The van der Waals surface area contributed by atoms with Crippen molar-refractivity contribution < 1.29 is 13.2 Å². The highest BCUT2D eigenvalue weighted by Crippen LogP contribution is 2.29. The smallest absolute Gasteiger partial charge is 0.243 e. The predicted octanol–water partition coefficient (Wildman–Crippen LogP) is 2.74. The summed E-state index contributed by atoms with van der Waals surface area (Å²) >= 11 is 0. The molecular weight excluding hydrogens is 424 g/mol. The highest BCUT2D eigenvalue weighted by atomic mass is 32.2. The maximum atomic E-state index is 13.5. The van der Waals surface area contributed by atoms with Crippen LogP contribution >= 0.6 is 0 Å². The van der Waals surface area contributed by atoms with Crippen LogP contribution in [0.3, 0.4) is 0 Å². The molecule has 2 aliphatic rings. The number of carbonyl (C=O) groups excluding carboxylic acids is 1. The van der Waals surface area contributed by atoms with E-state index in [-0.39, 0.29) is 10.8 Å². The third kappa shape index (κ3) is 3.84. The van der Waals surface area contributed by atoms with E-state index in [9.17, 15) is 13.2 Å². The first-order valence-corrected chi connectivity index (χ1v) is 12.4. The Balaban J connectivity index is 1.32. The number of rotatable bonds is 4. The normalized spacial score (nSPS) is 20.1. The lowest BCUT2D eigenvalue weighted by Gasteiger charge is -2.37. The summed E-state index contributed by atoms with van der Waals surface area (Å²) in [6.07, 6.45) is 3.02. The predicted molar refractivity (Wildman–Crippen MR) is 124 cm³/mol. The summed E-state index contributed by atoms with van der Waals surface area (Å²) in [4.78, 5) is 21.9. The van der Waals surface area contributed by atoms with E-state index in [1.807, 2.05) is 48.5 Å². The van der Waals surface area contributed by atoms with Crippen LogP contribution in [-0.2, 0) is 14.8 Å². The zero-order chi connectivity index (χ0) is 22.1. The van der Waals surface area contributed by atoms with Gasteiger partial charge in [-0.2, -0.15) is 4.31 Å². The maximum absolute atomic E-state index is 13.5. The molecule has 166 valence electrons. The Morgan fingerprint density at radius 2 is 1.62 bits per heavy atom. The molecule has 0 aliphatic carbocycles. The highest BCUT2D eigenvalue weighted by Gasteiger charge is 2.41. The Labute approximate surface area is 188 Å². The second-order valence-corrected chi connectivity index (χ2v) is 10.2. The van der Waals surface area contributed by atoms with E-state index in [1.165, 1.54) is 4.31 Å². The zero-order valence-electron chi connectivity index (χ0n) is 17.8. The van der Waals surface area contributed by atoms with Crippen LogP contribution in [0.4, 0.5) is 5.82 Å². The minimum atomic E-state index is -3.75. The van der Waals surface area contributed by atoms with Crippen LogP contribution in [-0.4, -0.2) is 67.3 Å². The van der Waals surface area contributed by atoms with E-state index < -0.39 is 16.1 Å². The maximum Gasteiger partial charge on any atom is 0.243 e. The lowest BCUT2D eigenvalue weighted by molar-refractivity contribution is -0.134. The fourth-order valence-corrected chi connectivity index (χ4v) is 6.33. The van der Waals surface area contributed by atoms with E-state index in [1.54, 1.807) is 23.2 Å². The average Bonchev–Trinajstić information content (AvgIpc) is 3.35. The van der Waals surface area contributed by atoms with Crippen LogP contribution in [0.1, 0.15) is 12.8 Å². The first-order chi connectivity index (χ1) is 15.5. The molecule has 0 spiro atoms. The molecule has 2 aromatic carbocycles. The minimum absolute atomic E-state index is 0.0902. The van der Waals surface area contributed by atoms with E-state index in [0.29, 0.717) is 45.6 Å². The number of hydrogen-bond donors (Lipinski definition) is 0. The number of fused-ring (bicyclic) bond motifs is 1. The molecule has 8 heteroatoms. The SMILES string of the molecule is O=C([C@@H]1CCCN1S(=O)(=O)c1ccc2ccccc2c1)N1CCN(c2ccccn2)CC1. The van der Waals surface area contributed by atoms with Gasteiger partial charge in [-0.1, -0.05) is 36.4 Å². The number of pyridine rings is 1. The average molecular weight is 451 g/mol. The van der Waals surface area contributed by atoms with Gasteiger partial charge >= 0.3 is 0 Å². The van der Waals surface area contributed by atoms with Gasteiger partial charge in [0.25, 0.3) is 0 Å². The Morgan fingerprint density at radius 3 is 2.38 bits per heavy atom. The van der Waals surface area contributed by atoms with Gasteiger partial charge < -0.3 is 9.80 Å². The van der Waals surface area contributed by atoms with Crippen LogP contribution < -0.4 is 4.90 Å². The largest absolute Gasteiger partial charge is 0.353 e. The summed E-state index contributed by atoms with van der Waals surface area (Å²) in [6.45, 7) is 2.88. The highest BCUT2D eigenvalue weighted by molar-refractivity contribution is 7.89. The molecule has 2 fully saturated rings. The number of hydrogen-bond acceptors (Lipinski definition) is 5. The van der Waals surface area contributed by atoms with Gasteiger partial charge in [-0.3, -0.25) is 4.79 Å². The van der Waals surface area contributed by atoms with E-state index in [4.69, 9.17) is 0 Å². The second-order valence-electron chi connectivity index (χ2n) is 8.28. The second kappa shape index (κ2) is 8.52. The molecule has 0 unspecified atom stereocenters. The standard InChI is InChI=1S/C24H26N4O3S/c29-24(27-16-14-26(15-17-27)23-9-3-4-12-25-23)22-8-5-13-28(22)32(30,31)21-11-10-19-6-1-2-7-20(19)18-21/h1-4,6-7,9-12,18,22H,5,8,13-17H2/t22-/m0/s1. The zero-order valence-corrected chi connectivity index (χ0v) is 18.6. The van der Waals surface area contributed by atoms with Crippen molar-refractivity contribution in [3.8, 4) is 0 Å². The van der Waals surface area contributed by atoms with Crippen molar-refractivity contribution in [3.05, 3.63) is 66.9 Å². The van der Waals surface area contributed by atoms with Crippen molar-refractivity contribution >= 4 is 32.5 Å². The Hall–Kier alpha value is -2.97. The topological polar surface area (TPSA) is 73.8 Å². The van der Waals surface area contributed by atoms with E-state index in [0.717, 1.165) is 16.6 Å². The number of carbonyl (C=O) groups is 1. The fraction of sp³-hybridized carbons (Fsp3) is 0.333. The number of anilines is 1. The summed E-state index contributed by atoms with van der Waals surface area (Å²) in [5.74, 6) is 0.813. The number of piperazine rings is 1. The van der Waals surface area contributed by atoms with E-state index in [2.05, 4.69) is 9.88 Å². The molecule has 32 heavy (non-hydrogen) atoms. The third-order valence-electron chi connectivity index (χ3n) is 6.38. The van der Waals surface area contributed by atoms with Crippen molar-refractivity contribution in [2.24, 2.45) is 0 Å². The third-order valence-corrected chi connectivity index (χ3v) is 8.29. The summed E-state index contributed by atoms with van der Waals surface area (Å²) in [7, 11) is -3.75. The molecule has 3 heterocycles. The molecule has 3 aromatic rings. The van der Waals surface area contributed by atoms with Crippen LogP contribution in [0.15, 0.2) is 71.8 Å². The van der Waals surface area contributed by atoms with Gasteiger partial charge in [0, 0.05) is 38.9 Å². The summed E-state index contributed by atoms with van der Waals surface area (Å²) in [6, 6.07) is 18.0. The van der Waals surface area contributed by atoms with Gasteiger partial charge in [0.15, 0.2) is 0 Å². The molecule has 7 nitrogen and oxygen atoms in total. The number of nitrogens with zero attached hydrogens (tertiary/aromatic N) is 4. The number of sulfonamides is 1. The molecule has 1 aromatic heterocycles. The number of aromatic nitrogens is 1. The molecule has 1 amide bonds. The van der Waals surface area contributed by atoms with Crippen molar-refractivity contribution in [2.45, 2.75) is 23.8 Å². The van der Waals surface area contributed by atoms with Crippen LogP contribution in [0.2, 0.25) is 0 Å². The van der Waals surface area contributed by atoms with Crippen molar-refractivity contribution in [1.82, 2.24) is 14.2 Å². The van der Waals surface area contributed by atoms with Gasteiger partial charge in [-0.25, -0.2) is 13.4 Å².